The Hall–Kier alpha value is -1.76. The average Bonchev–Trinajstić information content (AvgIpc) is 2.98. The van der Waals surface area contributed by atoms with Crippen LogP contribution in [0.15, 0.2) is 35.7 Å². The summed E-state index contributed by atoms with van der Waals surface area (Å²) in [4.78, 5) is 24.2. The molecular weight excluding hydrogens is 347 g/mol. The summed E-state index contributed by atoms with van der Waals surface area (Å²) < 4.78 is 5.23. The molecule has 0 bridgehead atoms. The van der Waals surface area contributed by atoms with Gasteiger partial charge in [-0.1, -0.05) is 35.3 Å². The van der Waals surface area contributed by atoms with Gasteiger partial charge in [-0.25, -0.2) is 4.79 Å². The minimum absolute atomic E-state index is 0.208. The molecule has 0 unspecified atom stereocenters. The lowest BCUT2D eigenvalue weighted by Gasteiger charge is -2.10. The Kier molecular flexibility index (Phi) is 6.06. The predicted molar refractivity (Wildman–Crippen MR) is 86.7 cm³/mol. The zero-order valence-electron chi connectivity index (χ0n) is 11.3. The molecule has 0 spiro atoms. The molecule has 0 fully saturated rings. The Morgan fingerprint density at radius 3 is 2.50 bits per heavy atom. The number of ether oxygens (including phenoxy) is 1. The van der Waals surface area contributed by atoms with Crippen molar-refractivity contribution in [3.63, 3.8) is 0 Å². The lowest BCUT2D eigenvalue weighted by molar-refractivity contribution is -0.122. The predicted octanol–water partition coefficient (Wildman–Crippen LogP) is 3.46. The molecular formula is C14H12Cl2N2O3S. The van der Waals surface area contributed by atoms with Crippen molar-refractivity contribution in [3.8, 4) is 5.75 Å². The summed E-state index contributed by atoms with van der Waals surface area (Å²) >= 11 is 13.3. The van der Waals surface area contributed by atoms with E-state index in [4.69, 9.17) is 27.9 Å². The molecule has 5 nitrogen and oxygen atoms in total. The van der Waals surface area contributed by atoms with Gasteiger partial charge >= 0.3 is 6.03 Å². The van der Waals surface area contributed by atoms with Gasteiger partial charge in [-0.3, -0.25) is 10.1 Å². The van der Waals surface area contributed by atoms with E-state index in [-0.39, 0.29) is 12.4 Å². The van der Waals surface area contributed by atoms with Gasteiger partial charge in [0.15, 0.2) is 12.4 Å². The van der Waals surface area contributed by atoms with Crippen molar-refractivity contribution < 1.29 is 14.3 Å². The summed E-state index contributed by atoms with van der Waals surface area (Å²) in [5.41, 5.74) is 0. The fourth-order valence-corrected chi connectivity index (χ4v) is 2.70. The molecule has 3 amide bonds. The molecule has 1 aromatic heterocycles. The smallest absolute Gasteiger partial charge is 0.321 e. The highest BCUT2D eigenvalue weighted by Gasteiger charge is 2.11. The van der Waals surface area contributed by atoms with Crippen LogP contribution in [0, 0.1) is 0 Å². The van der Waals surface area contributed by atoms with E-state index >= 15 is 0 Å². The van der Waals surface area contributed by atoms with Crippen molar-refractivity contribution in [1.82, 2.24) is 10.6 Å². The highest BCUT2D eigenvalue weighted by molar-refractivity contribution is 7.09. The molecule has 0 atom stereocenters. The third kappa shape index (κ3) is 4.91. The summed E-state index contributed by atoms with van der Waals surface area (Å²) in [5.74, 6) is -0.389. The molecule has 1 aromatic carbocycles. The van der Waals surface area contributed by atoms with Crippen molar-refractivity contribution in [1.29, 1.82) is 0 Å². The van der Waals surface area contributed by atoms with Gasteiger partial charge in [0, 0.05) is 4.88 Å². The first-order valence-corrected chi connectivity index (χ1v) is 7.86. The highest BCUT2D eigenvalue weighted by Crippen LogP contribution is 2.32. The van der Waals surface area contributed by atoms with Crippen LogP contribution in [0.2, 0.25) is 10.0 Å². The van der Waals surface area contributed by atoms with E-state index < -0.39 is 11.9 Å². The maximum atomic E-state index is 11.6. The summed E-state index contributed by atoms with van der Waals surface area (Å²) in [6.45, 7) is -0.0101. The number of urea groups is 1. The number of amides is 3. The van der Waals surface area contributed by atoms with Crippen LogP contribution >= 0.6 is 34.5 Å². The maximum absolute atomic E-state index is 11.6. The molecule has 2 rings (SSSR count). The number of hydrogen-bond acceptors (Lipinski definition) is 4. The number of halogens is 2. The molecule has 2 N–H and O–H groups in total. The monoisotopic (exact) mass is 358 g/mol. The van der Waals surface area contributed by atoms with Crippen LogP contribution in [0.4, 0.5) is 4.79 Å². The van der Waals surface area contributed by atoms with Crippen molar-refractivity contribution >= 4 is 46.5 Å². The summed E-state index contributed by atoms with van der Waals surface area (Å²) in [6.07, 6.45) is 0. The van der Waals surface area contributed by atoms with Crippen molar-refractivity contribution in [2.75, 3.05) is 6.61 Å². The second kappa shape index (κ2) is 8.03. The van der Waals surface area contributed by atoms with Crippen LogP contribution in [0.5, 0.6) is 5.75 Å². The Labute approximate surface area is 141 Å². The number of imide groups is 1. The lowest BCUT2D eigenvalue weighted by Crippen LogP contribution is -2.41. The van der Waals surface area contributed by atoms with E-state index in [1.165, 1.54) is 11.3 Å². The van der Waals surface area contributed by atoms with E-state index in [1.54, 1.807) is 18.2 Å². The van der Waals surface area contributed by atoms with Gasteiger partial charge in [0.25, 0.3) is 5.91 Å². The summed E-state index contributed by atoms with van der Waals surface area (Å²) in [6, 6.07) is 8.02. The molecule has 116 valence electrons. The molecule has 0 aliphatic carbocycles. The Balaban J connectivity index is 1.76. The minimum Gasteiger partial charge on any atom is -0.481 e. The zero-order valence-corrected chi connectivity index (χ0v) is 13.6. The molecule has 0 radical (unpaired) electrons. The average molecular weight is 359 g/mol. The molecule has 0 saturated carbocycles. The summed E-state index contributed by atoms with van der Waals surface area (Å²) in [5, 5.41) is 7.22. The molecule has 2 aromatic rings. The third-order valence-corrected chi connectivity index (χ3v) is 3.99. The second-order valence-electron chi connectivity index (χ2n) is 4.15. The normalized spacial score (nSPS) is 10.1. The van der Waals surface area contributed by atoms with Gasteiger partial charge < -0.3 is 10.1 Å². The Morgan fingerprint density at radius 2 is 1.86 bits per heavy atom. The molecule has 0 aliphatic heterocycles. The number of carbonyl (C=O) groups is 2. The number of hydrogen-bond donors (Lipinski definition) is 2. The van der Waals surface area contributed by atoms with E-state index in [2.05, 4.69) is 10.6 Å². The van der Waals surface area contributed by atoms with Gasteiger partial charge in [-0.2, -0.15) is 0 Å². The van der Waals surface area contributed by atoms with Crippen molar-refractivity contribution in [2.24, 2.45) is 0 Å². The van der Waals surface area contributed by atoms with Crippen LogP contribution in [-0.2, 0) is 11.3 Å². The molecule has 0 saturated heterocycles. The number of para-hydroxylation sites is 1. The number of benzene rings is 1. The highest BCUT2D eigenvalue weighted by atomic mass is 35.5. The molecule has 8 heteroatoms. The Morgan fingerprint density at radius 1 is 1.14 bits per heavy atom. The van der Waals surface area contributed by atoms with Crippen molar-refractivity contribution in [3.05, 3.63) is 50.6 Å². The maximum Gasteiger partial charge on any atom is 0.321 e. The van der Waals surface area contributed by atoms with Gasteiger partial charge in [0.2, 0.25) is 0 Å². The van der Waals surface area contributed by atoms with Gasteiger partial charge in [-0.15, -0.1) is 11.3 Å². The number of thiophene rings is 1. The third-order valence-electron chi connectivity index (χ3n) is 2.52. The standard InChI is InChI=1S/C14H12Cl2N2O3S/c15-10-4-1-5-11(16)13(10)21-8-12(19)18-14(20)17-7-9-3-2-6-22-9/h1-6H,7-8H2,(H2,17,18,19,20). The lowest BCUT2D eigenvalue weighted by atomic mass is 10.3. The fraction of sp³-hybridized carbons (Fsp3) is 0.143. The van der Waals surface area contributed by atoms with Gasteiger partial charge in [-0.05, 0) is 23.6 Å². The van der Waals surface area contributed by atoms with Crippen molar-refractivity contribution in [2.45, 2.75) is 6.54 Å². The van der Waals surface area contributed by atoms with E-state index in [0.29, 0.717) is 16.6 Å². The first-order chi connectivity index (χ1) is 10.6. The molecule has 1 heterocycles. The van der Waals surface area contributed by atoms with E-state index in [9.17, 15) is 9.59 Å². The van der Waals surface area contributed by atoms with Crippen LogP contribution < -0.4 is 15.4 Å². The molecule has 0 aliphatic rings. The van der Waals surface area contributed by atoms with E-state index in [1.807, 2.05) is 17.5 Å². The van der Waals surface area contributed by atoms with E-state index in [0.717, 1.165) is 4.88 Å². The van der Waals surface area contributed by atoms with Crippen LogP contribution in [0.1, 0.15) is 4.88 Å². The minimum atomic E-state index is -0.598. The number of nitrogens with one attached hydrogen (secondary N) is 2. The van der Waals surface area contributed by atoms with Gasteiger partial charge in [0.1, 0.15) is 0 Å². The topological polar surface area (TPSA) is 67.4 Å². The SMILES string of the molecule is O=C(COc1c(Cl)cccc1Cl)NC(=O)NCc1cccs1. The quantitative estimate of drug-likeness (QED) is 0.859. The van der Waals surface area contributed by atoms with Crippen LogP contribution in [0.25, 0.3) is 0 Å². The first-order valence-electron chi connectivity index (χ1n) is 6.23. The zero-order chi connectivity index (χ0) is 15.9. The first kappa shape index (κ1) is 16.6. The number of carbonyl (C=O) groups excluding carboxylic acids is 2. The Bertz CT molecular complexity index is 642. The van der Waals surface area contributed by atoms with Crippen LogP contribution in [0.3, 0.4) is 0 Å². The van der Waals surface area contributed by atoms with Crippen LogP contribution in [-0.4, -0.2) is 18.5 Å². The fourth-order valence-electron chi connectivity index (χ4n) is 1.55. The number of rotatable bonds is 5. The molecule has 22 heavy (non-hydrogen) atoms. The largest absolute Gasteiger partial charge is 0.481 e. The summed E-state index contributed by atoms with van der Waals surface area (Å²) in [7, 11) is 0. The second-order valence-corrected chi connectivity index (χ2v) is 6.00. The van der Waals surface area contributed by atoms with Gasteiger partial charge in [0.05, 0.1) is 16.6 Å².